The van der Waals surface area contributed by atoms with E-state index in [4.69, 9.17) is 4.74 Å². The minimum absolute atomic E-state index is 0.0167. The normalized spacial score (nSPS) is 22.1. The van der Waals surface area contributed by atoms with Crippen molar-refractivity contribution in [2.24, 2.45) is 5.92 Å². The molecule has 1 saturated heterocycles. The maximum Gasteiger partial charge on any atom is 0.423 e. The van der Waals surface area contributed by atoms with Gasteiger partial charge in [0.05, 0.1) is 16.7 Å². The van der Waals surface area contributed by atoms with Gasteiger partial charge in [-0.3, -0.25) is 24.8 Å². The lowest BCUT2D eigenvalue weighted by molar-refractivity contribution is -0.388. The summed E-state index contributed by atoms with van der Waals surface area (Å²) in [5.41, 5.74) is -1.08. The van der Waals surface area contributed by atoms with Crippen molar-refractivity contribution in [3.8, 4) is 5.75 Å². The standard InChI is InChI=1S/C28H34F3N5O4/c29-28(30,31)25-17-21(5-8-26(25)36(38)39)33-20-3-6-23(7-4-20)40-24-9-10-32-22(16-24)18-34-11-13-35(14-12-34)27(37)15-19-1-2-19/h5,8-10,16-17,19-20,23,33H,1-4,6-7,11-15,18H2. The third-order valence-electron chi connectivity index (χ3n) is 7.91. The van der Waals surface area contributed by atoms with Crippen molar-refractivity contribution in [3.05, 3.63) is 57.9 Å². The molecule has 0 bridgehead atoms. The first-order valence-electron chi connectivity index (χ1n) is 13.9. The molecule has 0 atom stereocenters. The number of nitrogens with zero attached hydrogens (tertiary/aromatic N) is 4. The Morgan fingerprint density at radius 1 is 1.05 bits per heavy atom. The first-order valence-corrected chi connectivity index (χ1v) is 13.9. The number of piperazine rings is 1. The number of hydrogen-bond acceptors (Lipinski definition) is 7. The summed E-state index contributed by atoms with van der Waals surface area (Å²) in [6, 6.07) is 6.76. The fraction of sp³-hybridized carbons (Fsp3) is 0.571. The summed E-state index contributed by atoms with van der Waals surface area (Å²) < 4.78 is 46.1. The molecule has 1 N–H and O–H groups in total. The summed E-state index contributed by atoms with van der Waals surface area (Å²) in [5.74, 6) is 1.62. The van der Waals surface area contributed by atoms with Crippen LogP contribution < -0.4 is 10.1 Å². The third kappa shape index (κ3) is 7.41. The van der Waals surface area contributed by atoms with E-state index in [-0.39, 0.29) is 23.7 Å². The lowest BCUT2D eigenvalue weighted by Crippen LogP contribution is -2.48. The summed E-state index contributed by atoms with van der Waals surface area (Å²) in [7, 11) is 0. The number of carbonyl (C=O) groups is 1. The molecule has 1 aliphatic heterocycles. The highest BCUT2D eigenvalue weighted by Gasteiger charge is 2.38. The number of pyridine rings is 1. The van der Waals surface area contributed by atoms with Gasteiger partial charge in [0.25, 0.3) is 5.69 Å². The Balaban J connectivity index is 1.08. The van der Waals surface area contributed by atoms with Crippen LogP contribution >= 0.6 is 0 Å². The van der Waals surface area contributed by atoms with Crippen LogP contribution in [0.4, 0.5) is 24.5 Å². The minimum atomic E-state index is -4.81. The number of carbonyl (C=O) groups excluding carboxylic acids is 1. The van der Waals surface area contributed by atoms with Gasteiger partial charge < -0.3 is 15.0 Å². The van der Waals surface area contributed by atoms with Gasteiger partial charge in [0, 0.05) is 69.2 Å². The number of rotatable bonds is 9. The Hall–Kier alpha value is -3.41. The number of anilines is 1. The zero-order valence-corrected chi connectivity index (χ0v) is 22.2. The Morgan fingerprint density at radius 3 is 2.42 bits per heavy atom. The Bertz CT molecular complexity index is 1210. The Labute approximate surface area is 230 Å². The maximum absolute atomic E-state index is 13.3. The van der Waals surface area contributed by atoms with Crippen LogP contribution in [0.1, 0.15) is 56.2 Å². The van der Waals surface area contributed by atoms with Crippen LogP contribution in [-0.2, 0) is 17.5 Å². The van der Waals surface area contributed by atoms with E-state index in [0.717, 1.165) is 62.6 Å². The molecular weight excluding hydrogens is 527 g/mol. The SMILES string of the molecule is O=C(CC1CC1)N1CCN(Cc2cc(OC3CCC(Nc4ccc([N+](=O)[O-])c(C(F)(F)F)c4)CC3)ccn2)CC1. The number of nitro benzene ring substituents is 1. The highest BCUT2D eigenvalue weighted by Crippen LogP contribution is 2.38. The quantitative estimate of drug-likeness (QED) is 0.330. The number of benzene rings is 1. The van der Waals surface area contributed by atoms with Crippen molar-refractivity contribution in [2.45, 2.75) is 69.8 Å². The van der Waals surface area contributed by atoms with Gasteiger partial charge in [0.2, 0.25) is 5.91 Å². The smallest absolute Gasteiger partial charge is 0.423 e. The average molecular weight is 562 g/mol. The van der Waals surface area contributed by atoms with Gasteiger partial charge in [-0.25, -0.2) is 0 Å². The Morgan fingerprint density at radius 2 is 1.77 bits per heavy atom. The van der Waals surface area contributed by atoms with Crippen molar-refractivity contribution in [1.29, 1.82) is 0 Å². The second kappa shape index (κ2) is 12.0. The number of aromatic nitrogens is 1. The summed E-state index contributed by atoms with van der Waals surface area (Å²) in [4.78, 5) is 31.1. The van der Waals surface area contributed by atoms with Crippen LogP contribution in [0, 0.1) is 16.0 Å². The topological polar surface area (TPSA) is 101 Å². The fourth-order valence-electron chi connectivity index (χ4n) is 5.46. The molecule has 1 aromatic carbocycles. The van der Waals surface area contributed by atoms with Gasteiger partial charge in [-0.05, 0) is 62.6 Å². The van der Waals surface area contributed by atoms with E-state index < -0.39 is 22.4 Å². The molecule has 2 heterocycles. The third-order valence-corrected chi connectivity index (χ3v) is 7.91. The lowest BCUT2D eigenvalue weighted by atomic mass is 9.92. The van der Waals surface area contributed by atoms with E-state index >= 15 is 0 Å². The molecule has 2 saturated carbocycles. The average Bonchev–Trinajstić information content (AvgIpc) is 3.74. The van der Waals surface area contributed by atoms with E-state index in [2.05, 4.69) is 15.2 Å². The molecule has 0 spiro atoms. The molecule has 12 heteroatoms. The predicted molar refractivity (Wildman–Crippen MR) is 142 cm³/mol. The minimum Gasteiger partial charge on any atom is -0.490 e. The summed E-state index contributed by atoms with van der Waals surface area (Å²) in [6.45, 7) is 3.82. The van der Waals surface area contributed by atoms with Gasteiger partial charge in [-0.2, -0.15) is 13.2 Å². The van der Waals surface area contributed by atoms with Crippen LogP contribution in [-0.4, -0.2) is 63.9 Å². The summed E-state index contributed by atoms with van der Waals surface area (Å²) in [6.07, 6.45) is 2.82. The number of alkyl halides is 3. The second-order valence-electron chi connectivity index (χ2n) is 11.0. The number of ether oxygens (including phenoxy) is 1. The zero-order valence-electron chi connectivity index (χ0n) is 22.2. The summed E-state index contributed by atoms with van der Waals surface area (Å²) >= 11 is 0. The molecule has 3 fully saturated rings. The largest absolute Gasteiger partial charge is 0.490 e. The van der Waals surface area contributed by atoms with E-state index in [1.165, 1.54) is 18.9 Å². The van der Waals surface area contributed by atoms with Crippen LogP contribution in [0.25, 0.3) is 0 Å². The van der Waals surface area contributed by atoms with Crippen molar-refractivity contribution in [1.82, 2.24) is 14.8 Å². The van der Waals surface area contributed by atoms with Crippen molar-refractivity contribution < 1.29 is 27.6 Å². The zero-order chi connectivity index (χ0) is 28.3. The highest BCUT2D eigenvalue weighted by atomic mass is 19.4. The van der Waals surface area contributed by atoms with Crippen molar-refractivity contribution in [3.63, 3.8) is 0 Å². The van der Waals surface area contributed by atoms with Gasteiger partial charge in [-0.1, -0.05) is 0 Å². The van der Waals surface area contributed by atoms with Gasteiger partial charge in [-0.15, -0.1) is 0 Å². The van der Waals surface area contributed by atoms with E-state index in [1.807, 2.05) is 17.0 Å². The van der Waals surface area contributed by atoms with Gasteiger partial charge in [0.1, 0.15) is 11.3 Å². The molecule has 5 rings (SSSR count). The molecule has 2 aromatic rings. The number of nitrogens with one attached hydrogen (secondary N) is 1. The fourth-order valence-corrected chi connectivity index (χ4v) is 5.46. The van der Waals surface area contributed by atoms with Crippen molar-refractivity contribution in [2.75, 3.05) is 31.5 Å². The number of halogens is 3. The first kappa shape index (κ1) is 28.1. The molecule has 3 aliphatic rings. The Kier molecular flexibility index (Phi) is 8.43. The predicted octanol–water partition coefficient (Wildman–Crippen LogP) is 5.26. The molecule has 1 aromatic heterocycles. The molecule has 40 heavy (non-hydrogen) atoms. The number of amides is 1. The molecule has 9 nitrogen and oxygen atoms in total. The monoisotopic (exact) mass is 561 g/mol. The highest BCUT2D eigenvalue weighted by molar-refractivity contribution is 5.76. The number of hydrogen-bond donors (Lipinski definition) is 1. The lowest BCUT2D eigenvalue weighted by Gasteiger charge is -2.34. The van der Waals surface area contributed by atoms with Crippen LogP contribution in [0.3, 0.4) is 0 Å². The number of nitro groups is 1. The van der Waals surface area contributed by atoms with Gasteiger partial charge >= 0.3 is 6.18 Å². The molecule has 2 aliphatic carbocycles. The van der Waals surface area contributed by atoms with Crippen LogP contribution in [0.5, 0.6) is 5.75 Å². The van der Waals surface area contributed by atoms with Crippen LogP contribution in [0.15, 0.2) is 36.5 Å². The van der Waals surface area contributed by atoms with E-state index in [0.29, 0.717) is 31.7 Å². The molecule has 0 unspecified atom stereocenters. The molecule has 0 radical (unpaired) electrons. The van der Waals surface area contributed by atoms with E-state index in [9.17, 15) is 28.1 Å². The van der Waals surface area contributed by atoms with Gasteiger partial charge in [0.15, 0.2) is 0 Å². The van der Waals surface area contributed by atoms with Crippen LogP contribution in [0.2, 0.25) is 0 Å². The summed E-state index contributed by atoms with van der Waals surface area (Å²) in [5, 5.41) is 14.1. The second-order valence-corrected chi connectivity index (χ2v) is 11.0. The van der Waals surface area contributed by atoms with E-state index in [1.54, 1.807) is 6.20 Å². The first-order chi connectivity index (χ1) is 19.1. The molecule has 216 valence electrons. The van der Waals surface area contributed by atoms with Crippen molar-refractivity contribution >= 4 is 17.3 Å². The molecular formula is C28H34F3N5O4. The maximum atomic E-state index is 13.3. The molecule has 1 amide bonds.